The summed E-state index contributed by atoms with van der Waals surface area (Å²) in [6.45, 7) is 1.19. The predicted octanol–water partition coefficient (Wildman–Crippen LogP) is 1.63. The van der Waals surface area contributed by atoms with Gasteiger partial charge in [-0.25, -0.2) is 4.98 Å². The Morgan fingerprint density at radius 2 is 2.16 bits per heavy atom. The molecule has 0 saturated carbocycles. The molecule has 0 fully saturated rings. The summed E-state index contributed by atoms with van der Waals surface area (Å²) < 4.78 is 42.0. The van der Waals surface area contributed by atoms with Gasteiger partial charge >= 0.3 is 12.1 Å². The average molecular weight is 276 g/mol. The fraction of sp³-hybridized carbons (Fsp3) is 0.364. The van der Waals surface area contributed by atoms with Gasteiger partial charge < -0.3 is 4.74 Å². The van der Waals surface area contributed by atoms with Crippen molar-refractivity contribution in [1.29, 1.82) is 0 Å². The molecule has 1 rings (SSSR count). The number of rotatable bonds is 5. The minimum absolute atomic E-state index is 0.113. The van der Waals surface area contributed by atoms with E-state index in [9.17, 15) is 22.8 Å². The van der Waals surface area contributed by atoms with Gasteiger partial charge in [-0.1, -0.05) is 6.07 Å². The van der Waals surface area contributed by atoms with Crippen molar-refractivity contribution in [2.24, 2.45) is 0 Å². The molecule has 0 aliphatic carbocycles. The first-order valence-electron chi connectivity index (χ1n) is 5.30. The molecule has 5 nitrogen and oxygen atoms in total. The topological polar surface area (TPSA) is 59.5 Å². The summed E-state index contributed by atoms with van der Waals surface area (Å²) >= 11 is 0. The SMILES string of the molecule is CCOC(=O)CN(C=O)c1cccc(C(F)(F)F)n1. The largest absolute Gasteiger partial charge is 0.465 e. The van der Waals surface area contributed by atoms with Crippen molar-refractivity contribution in [2.75, 3.05) is 18.1 Å². The van der Waals surface area contributed by atoms with Crippen LogP contribution in [-0.4, -0.2) is 30.5 Å². The minimum Gasteiger partial charge on any atom is -0.465 e. The van der Waals surface area contributed by atoms with Crippen molar-refractivity contribution in [3.05, 3.63) is 23.9 Å². The van der Waals surface area contributed by atoms with E-state index in [1.165, 1.54) is 6.07 Å². The number of aromatic nitrogens is 1. The highest BCUT2D eigenvalue weighted by atomic mass is 19.4. The maximum absolute atomic E-state index is 12.5. The van der Waals surface area contributed by atoms with Crippen LogP contribution in [0.5, 0.6) is 0 Å². The van der Waals surface area contributed by atoms with Crippen molar-refractivity contribution in [1.82, 2.24) is 4.98 Å². The molecule has 0 aliphatic rings. The molecule has 19 heavy (non-hydrogen) atoms. The molecular formula is C11H11F3N2O3. The summed E-state index contributed by atoms with van der Waals surface area (Å²) in [5.74, 6) is -0.994. The van der Waals surface area contributed by atoms with E-state index in [1.54, 1.807) is 6.92 Å². The number of carbonyl (C=O) groups is 2. The Balaban J connectivity index is 2.93. The number of hydrogen-bond acceptors (Lipinski definition) is 4. The molecule has 1 aromatic rings. The van der Waals surface area contributed by atoms with Crippen LogP contribution in [0.4, 0.5) is 19.0 Å². The molecule has 1 aromatic heterocycles. The Labute approximate surface area is 107 Å². The Hall–Kier alpha value is -2.12. The molecule has 0 aliphatic heterocycles. The molecule has 0 spiro atoms. The van der Waals surface area contributed by atoms with Crippen LogP contribution in [0.15, 0.2) is 18.2 Å². The van der Waals surface area contributed by atoms with E-state index < -0.39 is 24.4 Å². The van der Waals surface area contributed by atoms with E-state index >= 15 is 0 Å². The van der Waals surface area contributed by atoms with Crippen LogP contribution in [-0.2, 0) is 20.5 Å². The van der Waals surface area contributed by atoms with E-state index in [0.717, 1.165) is 17.0 Å². The highest BCUT2D eigenvalue weighted by molar-refractivity contribution is 5.84. The number of pyridine rings is 1. The molecule has 8 heteroatoms. The van der Waals surface area contributed by atoms with Gasteiger partial charge in [-0.2, -0.15) is 13.2 Å². The maximum Gasteiger partial charge on any atom is 0.433 e. The smallest absolute Gasteiger partial charge is 0.433 e. The molecular weight excluding hydrogens is 265 g/mol. The van der Waals surface area contributed by atoms with Gasteiger partial charge in [0.05, 0.1) is 6.61 Å². The lowest BCUT2D eigenvalue weighted by atomic mass is 10.3. The summed E-state index contributed by atoms with van der Waals surface area (Å²) in [7, 11) is 0. The standard InChI is InChI=1S/C11H11F3N2O3/c1-2-19-10(18)6-16(7-17)9-5-3-4-8(15-9)11(12,13)14/h3-5,7H,2,6H2,1H3. The van der Waals surface area contributed by atoms with Crippen molar-refractivity contribution in [2.45, 2.75) is 13.1 Å². The lowest BCUT2D eigenvalue weighted by molar-refractivity contribution is -0.141. The summed E-state index contributed by atoms with van der Waals surface area (Å²) in [6.07, 6.45) is -4.39. The number of alkyl halides is 3. The first-order chi connectivity index (χ1) is 8.88. The Bertz CT molecular complexity index is 463. The molecule has 0 N–H and O–H groups in total. The average Bonchev–Trinajstić information content (AvgIpc) is 2.35. The lowest BCUT2D eigenvalue weighted by Crippen LogP contribution is -2.30. The third-order valence-electron chi connectivity index (χ3n) is 2.05. The Morgan fingerprint density at radius 1 is 1.47 bits per heavy atom. The second-order valence-corrected chi connectivity index (χ2v) is 3.42. The number of halogens is 3. The maximum atomic E-state index is 12.5. The van der Waals surface area contributed by atoms with Gasteiger partial charge in [0.25, 0.3) is 0 Å². The summed E-state index contributed by atoms with van der Waals surface area (Å²) in [6, 6.07) is 3.08. The molecule has 1 amide bonds. The predicted molar refractivity (Wildman–Crippen MR) is 59.3 cm³/mol. The zero-order valence-corrected chi connectivity index (χ0v) is 9.98. The van der Waals surface area contributed by atoms with E-state index in [1.807, 2.05) is 0 Å². The normalized spacial score (nSPS) is 10.9. The number of hydrogen-bond donors (Lipinski definition) is 0. The highest BCUT2D eigenvalue weighted by Crippen LogP contribution is 2.28. The molecule has 0 saturated heterocycles. The zero-order valence-electron chi connectivity index (χ0n) is 9.98. The number of ether oxygens (including phenoxy) is 1. The van der Waals surface area contributed by atoms with E-state index in [0.29, 0.717) is 0 Å². The van der Waals surface area contributed by atoms with Gasteiger partial charge in [0.1, 0.15) is 18.1 Å². The van der Waals surface area contributed by atoms with Gasteiger partial charge in [0.2, 0.25) is 6.41 Å². The zero-order chi connectivity index (χ0) is 14.5. The first-order valence-corrected chi connectivity index (χ1v) is 5.30. The quantitative estimate of drug-likeness (QED) is 0.605. The monoisotopic (exact) mass is 276 g/mol. The Kier molecular flexibility index (Phi) is 4.85. The van der Waals surface area contributed by atoms with Crippen LogP contribution in [0.2, 0.25) is 0 Å². The summed E-state index contributed by atoms with van der Waals surface area (Å²) in [5.41, 5.74) is -1.14. The van der Waals surface area contributed by atoms with Crippen molar-refractivity contribution in [3.8, 4) is 0 Å². The third kappa shape index (κ3) is 4.23. The van der Waals surface area contributed by atoms with Gasteiger partial charge in [0.15, 0.2) is 0 Å². The number of nitrogens with zero attached hydrogens (tertiary/aromatic N) is 2. The van der Waals surface area contributed by atoms with Crippen LogP contribution < -0.4 is 4.90 Å². The highest BCUT2D eigenvalue weighted by Gasteiger charge is 2.33. The van der Waals surface area contributed by atoms with Crippen molar-refractivity contribution >= 4 is 18.2 Å². The number of amides is 1. The summed E-state index contributed by atoms with van der Waals surface area (Å²) in [5, 5.41) is 0. The van der Waals surface area contributed by atoms with Crippen LogP contribution >= 0.6 is 0 Å². The lowest BCUT2D eigenvalue weighted by Gasteiger charge is -2.16. The van der Waals surface area contributed by atoms with Gasteiger partial charge in [0, 0.05) is 0 Å². The second kappa shape index (κ2) is 6.17. The fourth-order valence-corrected chi connectivity index (χ4v) is 1.26. The third-order valence-corrected chi connectivity index (χ3v) is 2.05. The van der Waals surface area contributed by atoms with Gasteiger partial charge in [-0.3, -0.25) is 14.5 Å². The number of esters is 1. The second-order valence-electron chi connectivity index (χ2n) is 3.42. The van der Waals surface area contributed by atoms with E-state index in [4.69, 9.17) is 0 Å². The molecule has 0 unspecified atom stereocenters. The molecule has 0 bridgehead atoms. The number of anilines is 1. The Morgan fingerprint density at radius 3 is 2.68 bits per heavy atom. The molecule has 0 aromatic carbocycles. The first kappa shape index (κ1) is 14.9. The fourth-order valence-electron chi connectivity index (χ4n) is 1.26. The minimum atomic E-state index is -4.62. The van der Waals surface area contributed by atoms with Crippen LogP contribution in [0.3, 0.4) is 0 Å². The van der Waals surface area contributed by atoms with Gasteiger partial charge in [-0.15, -0.1) is 0 Å². The van der Waals surface area contributed by atoms with E-state index in [2.05, 4.69) is 9.72 Å². The molecule has 104 valence electrons. The van der Waals surface area contributed by atoms with Gasteiger partial charge in [-0.05, 0) is 19.1 Å². The summed E-state index contributed by atoms with van der Waals surface area (Å²) in [4.78, 5) is 26.0. The molecule has 0 radical (unpaired) electrons. The van der Waals surface area contributed by atoms with Crippen LogP contribution in [0.1, 0.15) is 12.6 Å². The van der Waals surface area contributed by atoms with Crippen LogP contribution in [0, 0.1) is 0 Å². The number of carbonyl (C=O) groups excluding carboxylic acids is 2. The van der Waals surface area contributed by atoms with Crippen LogP contribution in [0.25, 0.3) is 0 Å². The molecule has 0 atom stereocenters. The molecule has 1 heterocycles. The van der Waals surface area contributed by atoms with Crippen molar-refractivity contribution in [3.63, 3.8) is 0 Å². The van der Waals surface area contributed by atoms with Crippen molar-refractivity contribution < 1.29 is 27.5 Å². The van der Waals surface area contributed by atoms with E-state index in [-0.39, 0.29) is 18.8 Å².